The fourth-order valence-corrected chi connectivity index (χ4v) is 1.85. The Bertz CT molecular complexity index is 739. The van der Waals surface area contributed by atoms with E-state index in [4.69, 9.17) is 5.26 Å². The number of anilines is 2. The molecule has 3 rings (SSSR count). The number of nitriles is 1. The zero-order valence-electron chi connectivity index (χ0n) is 10.6. The molecule has 0 fully saturated rings. The van der Waals surface area contributed by atoms with Crippen molar-refractivity contribution in [1.29, 1.82) is 5.26 Å². The van der Waals surface area contributed by atoms with Gasteiger partial charge >= 0.3 is 0 Å². The second-order valence-electron chi connectivity index (χ2n) is 4.17. The molecule has 2 aromatic heterocycles. The first-order valence-corrected chi connectivity index (χ1v) is 6.08. The topological polar surface area (TPSA) is 66.5 Å². The van der Waals surface area contributed by atoms with Gasteiger partial charge in [0.25, 0.3) is 0 Å². The van der Waals surface area contributed by atoms with Crippen LogP contribution < -0.4 is 5.32 Å². The smallest absolute Gasteiger partial charge is 0.140 e. The van der Waals surface area contributed by atoms with Crippen molar-refractivity contribution in [2.24, 2.45) is 0 Å². The normalized spacial score (nSPS) is 9.95. The van der Waals surface area contributed by atoms with Gasteiger partial charge in [0.2, 0.25) is 0 Å². The maximum atomic E-state index is 8.72. The number of hydrogen-bond donors (Lipinski definition) is 1. The van der Waals surface area contributed by atoms with E-state index in [-0.39, 0.29) is 0 Å². The Morgan fingerprint density at radius 3 is 2.75 bits per heavy atom. The minimum Gasteiger partial charge on any atom is -0.354 e. The van der Waals surface area contributed by atoms with Crippen molar-refractivity contribution in [2.45, 2.75) is 0 Å². The van der Waals surface area contributed by atoms with E-state index in [1.807, 2.05) is 48.7 Å². The predicted octanol–water partition coefficient (Wildman–Crippen LogP) is 2.88. The van der Waals surface area contributed by atoms with Gasteiger partial charge in [-0.3, -0.25) is 0 Å². The molecule has 0 aliphatic carbocycles. The standard InChI is InChI=1S/C15H11N5/c16-10-13-5-6-14(11-17-13)19-12-3-1-4-15(9-12)20-8-2-7-18-20/h1-9,11,19H. The van der Waals surface area contributed by atoms with Crippen LogP contribution in [0.3, 0.4) is 0 Å². The van der Waals surface area contributed by atoms with Crippen molar-refractivity contribution < 1.29 is 0 Å². The van der Waals surface area contributed by atoms with Crippen molar-refractivity contribution in [1.82, 2.24) is 14.8 Å². The minimum atomic E-state index is 0.404. The quantitative estimate of drug-likeness (QED) is 0.787. The summed E-state index contributed by atoms with van der Waals surface area (Å²) in [7, 11) is 0. The maximum Gasteiger partial charge on any atom is 0.140 e. The van der Waals surface area contributed by atoms with Gasteiger partial charge in [0, 0.05) is 18.1 Å². The second-order valence-corrected chi connectivity index (χ2v) is 4.17. The molecule has 0 spiro atoms. The van der Waals surface area contributed by atoms with E-state index in [2.05, 4.69) is 15.4 Å². The highest BCUT2D eigenvalue weighted by Crippen LogP contribution is 2.18. The van der Waals surface area contributed by atoms with Crippen LogP contribution in [0.25, 0.3) is 5.69 Å². The molecule has 1 aromatic carbocycles. The van der Waals surface area contributed by atoms with E-state index in [9.17, 15) is 0 Å². The number of nitrogens with zero attached hydrogens (tertiary/aromatic N) is 4. The van der Waals surface area contributed by atoms with Crippen LogP contribution in [0.2, 0.25) is 0 Å². The van der Waals surface area contributed by atoms with Gasteiger partial charge in [0.05, 0.1) is 17.6 Å². The molecular weight excluding hydrogens is 250 g/mol. The maximum absolute atomic E-state index is 8.72. The van der Waals surface area contributed by atoms with Gasteiger partial charge in [-0.15, -0.1) is 0 Å². The molecule has 3 aromatic rings. The molecule has 0 amide bonds. The summed E-state index contributed by atoms with van der Waals surface area (Å²) < 4.78 is 1.79. The Morgan fingerprint density at radius 1 is 1.10 bits per heavy atom. The fraction of sp³-hybridized carbons (Fsp3) is 0. The van der Waals surface area contributed by atoms with Crippen molar-refractivity contribution in [3.63, 3.8) is 0 Å². The lowest BCUT2D eigenvalue weighted by atomic mass is 10.2. The molecule has 0 atom stereocenters. The molecule has 0 radical (unpaired) electrons. The average molecular weight is 261 g/mol. The number of hydrogen-bond acceptors (Lipinski definition) is 4. The average Bonchev–Trinajstić information content (AvgIpc) is 3.03. The fourth-order valence-electron chi connectivity index (χ4n) is 1.85. The second kappa shape index (κ2) is 5.24. The van der Waals surface area contributed by atoms with Crippen LogP contribution in [0.4, 0.5) is 11.4 Å². The summed E-state index contributed by atoms with van der Waals surface area (Å²) in [5, 5.41) is 16.2. The van der Waals surface area contributed by atoms with Gasteiger partial charge in [-0.1, -0.05) is 6.07 Å². The van der Waals surface area contributed by atoms with Gasteiger partial charge < -0.3 is 5.32 Å². The van der Waals surface area contributed by atoms with Crippen LogP contribution in [0.5, 0.6) is 0 Å². The molecular formula is C15H11N5. The molecule has 0 aliphatic rings. The largest absolute Gasteiger partial charge is 0.354 e. The van der Waals surface area contributed by atoms with Gasteiger partial charge in [-0.25, -0.2) is 9.67 Å². The molecule has 1 N–H and O–H groups in total. The number of nitrogens with one attached hydrogen (secondary N) is 1. The van der Waals surface area contributed by atoms with E-state index >= 15 is 0 Å². The van der Waals surface area contributed by atoms with Crippen LogP contribution >= 0.6 is 0 Å². The highest BCUT2D eigenvalue weighted by Gasteiger charge is 2.00. The van der Waals surface area contributed by atoms with Gasteiger partial charge in [-0.2, -0.15) is 10.4 Å². The van der Waals surface area contributed by atoms with Crippen LogP contribution in [-0.4, -0.2) is 14.8 Å². The number of pyridine rings is 1. The summed E-state index contributed by atoms with van der Waals surface area (Å²) in [5.74, 6) is 0. The van der Waals surface area contributed by atoms with Crippen LogP contribution in [0.15, 0.2) is 61.1 Å². The zero-order valence-corrected chi connectivity index (χ0v) is 10.6. The molecule has 5 heteroatoms. The van der Waals surface area contributed by atoms with Crippen molar-refractivity contribution in [2.75, 3.05) is 5.32 Å². The third-order valence-corrected chi connectivity index (χ3v) is 2.78. The summed E-state index contributed by atoms with van der Waals surface area (Å²) in [6.07, 6.45) is 5.27. The Morgan fingerprint density at radius 2 is 2.05 bits per heavy atom. The van der Waals surface area contributed by atoms with E-state index in [1.54, 1.807) is 23.1 Å². The summed E-state index contributed by atoms with van der Waals surface area (Å²) in [6, 6.07) is 15.3. The van der Waals surface area contributed by atoms with Crippen molar-refractivity contribution >= 4 is 11.4 Å². The first-order chi connectivity index (χ1) is 9.85. The lowest BCUT2D eigenvalue weighted by molar-refractivity contribution is 0.881. The number of aromatic nitrogens is 3. The highest BCUT2D eigenvalue weighted by molar-refractivity contribution is 5.61. The molecule has 0 unspecified atom stereocenters. The molecule has 96 valence electrons. The summed E-state index contributed by atoms with van der Waals surface area (Å²) in [6.45, 7) is 0. The van der Waals surface area contributed by atoms with E-state index in [1.165, 1.54) is 0 Å². The van der Waals surface area contributed by atoms with Gasteiger partial charge in [0.15, 0.2) is 0 Å². The summed E-state index contributed by atoms with van der Waals surface area (Å²) in [4.78, 5) is 4.02. The SMILES string of the molecule is N#Cc1ccc(Nc2cccc(-n3cccn3)c2)cn1. The first kappa shape index (κ1) is 11.9. The molecule has 0 saturated carbocycles. The van der Waals surface area contributed by atoms with Crippen molar-refractivity contribution in [3.05, 3.63) is 66.7 Å². The van der Waals surface area contributed by atoms with E-state index in [0.29, 0.717) is 5.69 Å². The monoisotopic (exact) mass is 261 g/mol. The van der Waals surface area contributed by atoms with Crippen LogP contribution in [-0.2, 0) is 0 Å². The lowest BCUT2D eigenvalue weighted by Crippen LogP contribution is -1.96. The molecule has 20 heavy (non-hydrogen) atoms. The number of rotatable bonds is 3. The molecule has 0 aliphatic heterocycles. The summed E-state index contributed by atoms with van der Waals surface area (Å²) >= 11 is 0. The Hall–Kier alpha value is -3.13. The molecule has 0 saturated heterocycles. The third-order valence-electron chi connectivity index (χ3n) is 2.78. The number of benzene rings is 1. The first-order valence-electron chi connectivity index (χ1n) is 6.08. The Kier molecular flexibility index (Phi) is 3.13. The Balaban J connectivity index is 1.84. The lowest BCUT2D eigenvalue weighted by Gasteiger charge is -2.08. The predicted molar refractivity (Wildman–Crippen MR) is 75.8 cm³/mol. The molecule has 2 heterocycles. The molecule has 0 bridgehead atoms. The van der Waals surface area contributed by atoms with Crippen LogP contribution in [0, 0.1) is 11.3 Å². The van der Waals surface area contributed by atoms with Gasteiger partial charge in [0.1, 0.15) is 11.8 Å². The summed E-state index contributed by atoms with van der Waals surface area (Å²) in [5.41, 5.74) is 3.15. The van der Waals surface area contributed by atoms with Gasteiger partial charge in [-0.05, 0) is 36.4 Å². The Labute approximate surface area is 116 Å². The van der Waals surface area contributed by atoms with Crippen LogP contribution in [0.1, 0.15) is 5.69 Å². The van der Waals surface area contributed by atoms with E-state index in [0.717, 1.165) is 17.1 Å². The third kappa shape index (κ3) is 2.49. The van der Waals surface area contributed by atoms with Crippen molar-refractivity contribution in [3.8, 4) is 11.8 Å². The minimum absolute atomic E-state index is 0.404. The zero-order chi connectivity index (χ0) is 13.8. The highest BCUT2D eigenvalue weighted by atomic mass is 15.3. The molecule has 5 nitrogen and oxygen atoms in total. The van der Waals surface area contributed by atoms with E-state index < -0.39 is 0 Å².